The molecule has 0 saturated heterocycles. The lowest BCUT2D eigenvalue weighted by Crippen LogP contribution is -2.15. The molecule has 2 N–H and O–H groups in total. The van der Waals surface area contributed by atoms with Crippen molar-refractivity contribution < 1.29 is 8.42 Å². The third kappa shape index (κ3) is 3.35. The summed E-state index contributed by atoms with van der Waals surface area (Å²) in [6.07, 6.45) is 0. The molecule has 0 fully saturated rings. The van der Waals surface area contributed by atoms with Crippen LogP contribution in [-0.2, 0) is 10.0 Å². The molecule has 0 aliphatic rings. The highest BCUT2D eigenvalue weighted by molar-refractivity contribution is 9.10. The SMILES string of the molecule is CNc1ccccc1S(=O)(=O)Nc1ccc(C#N)cc1Br. The van der Waals surface area contributed by atoms with Crippen LogP contribution in [-0.4, -0.2) is 15.5 Å². The summed E-state index contributed by atoms with van der Waals surface area (Å²) in [4.78, 5) is 0.156. The largest absolute Gasteiger partial charge is 0.387 e. The van der Waals surface area contributed by atoms with E-state index < -0.39 is 10.0 Å². The maximum Gasteiger partial charge on any atom is 0.263 e. The average Bonchev–Trinajstić information content (AvgIpc) is 2.49. The maximum absolute atomic E-state index is 12.5. The number of nitriles is 1. The van der Waals surface area contributed by atoms with Crippen LogP contribution in [0.3, 0.4) is 0 Å². The van der Waals surface area contributed by atoms with Gasteiger partial charge in [-0.3, -0.25) is 4.72 Å². The third-order valence-corrected chi connectivity index (χ3v) is 4.87. The fraction of sp³-hybridized carbons (Fsp3) is 0.0714. The van der Waals surface area contributed by atoms with Crippen LogP contribution in [0.25, 0.3) is 0 Å². The van der Waals surface area contributed by atoms with Crippen molar-refractivity contribution in [2.45, 2.75) is 4.90 Å². The topological polar surface area (TPSA) is 82.0 Å². The van der Waals surface area contributed by atoms with Crippen molar-refractivity contribution in [1.82, 2.24) is 0 Å². The highest BCUT2D eigenvalue weighted by Gasteiger charge is 2.18. The van der Waals surface area contributed by atoms with E-state index in [0.29, 0.717) is 21.4 Å². The van der Waals surface area contributed by atoms with Crippen LogP contribution in [0.15, 0.2) is 51.8 Å². The number of halogens is 1. The summed E-state index contributed by atoms with van der Waals surface area (Å²) in [7, 11) is -2.06. The Hall–Kier alpha value is -2.04. The van der Waals surface area contributed by atoms with Crippen molar-refractivity contribution >= 4 is 37.3 Å². The van der Waals surface area contributed by atoms with Crippen molar-refractivity contribution in [2.24, 2.45) is 0 Å². The molecule has 0 spiro atoms. The molecule has 0 radical (unpaired) electrons. The molecule has 0 amide bonds. The normalized spacial score (nSPS) is 10.7. The van der Waals surface area contributed by atoms with Crippen LogP contribution in [0, 0.1) is 11.3 Å². The van der Waals surface area contributed by atoms with E-state index in [9.17, 15) is 8.42 Å². The summed E-state index contributed by atoms with van der Waals surface area (Å²) >= 11 is 3.26. The zero-order chi connectivity index (χ0) is 15.5. The summed E-state index contributed by atoms with van der Waals surface area (Å²) in [5.41, 5.74) is 1.33. The molecule has 5 nitrogen and oxygen atoms in total. The fourth-order valence-corrected chi connectivity index (χ4v) is 3.68. The van der Waals surface area contributed by atoms with E-state index in [-0.39, 0.29) is 4.90 Å². The first-order valence-corrected chi connectivity index (χ1v) is 8.25. The van der Waals surface area contributed by atoms with Gasteiger partial charge in [0.05, 0.1) is 23.0 Å². The standard InChI is InChI=1S/C14H12BrN3O2S/c1-17-13-4-2-3-5-14(13)21(19,20)18-12-7-6-10(9-16)8-11(12)15/h2-8,17-18H,1H3. The minimum Gasteiger partial charge on any atom is -0.387 e. The lowest BCUT2D eigenvalue weighted by Gasteiger charge is -2.13. The van der Waals surface area contributed by atoms with Crippen LogP contribution in [0.1, 0.15) is 5.56 Å². The first-order chi connectivity index (χ1) is 9.97. The molecule has 2 aromatic rings. The highest BCUT2D eigenvalue weighted by Crippen LogP contribution is 2.28. The number of sulfonamides is 1. The molecule has 0 atom stereocenters. The first kappa shape index (κ1) is 15.4. The molecule has 0 aliphatic heterocycles. The number of rotatable bonds is 4. The van der Waals surface area contributed by atoms with Gasteiger partial charge >= 0.3 is 0 Å². The second kappa shape index (κ2) is 6.16. The Morgan fingerprint density at radius 2 is 1.86 bits per heavy atom. The van der Waals surface area contributed by atoms with Crippen LogP contribution in [0.5, 0.6) is 0 Å². The summed E-state index contributed by atoms with van der Waals surface area (Å²) in [5.74, 6) is 0. The highest BCUT2D eigenvalue weighted by atomic mass is 79.9. The number of hydrogen-bond acceptors (Lipinski definition) is 4. The number of para-hydroxylation sites is 1. The molecule has 0 bridgehead atoms. The number of nitrogens with one attached hydrogen (secondary N) is 2. The minimum absolute atomic E-state index is 0.156. The van der Waals surface area contributed by atoms with Crippen LogP contribution in [0.2, 0.25) is 0 Å². The average molecular weight is 366 g/mol. The lowest BCUT2D eigenvalue weighted by atomic mass is 10.2. The van der Waals surface area contributed by atoms with E-state index in [0.717, 1.165) is 0 Å². The van der Waals surface area contributed by atoms with E-state index >= 15 is 0 Å². The Morgan fingerprint density at radius 1 is 1.14 bits per heavy atom. The molecule has 0 aliphatic carbocycles. The van der Waals surface area contributed by atoms with Crippen LogP contribution >= 0.6 is 15.9 Å². The molecule has 2 aromatic carbocycles. The van der Waals surface area contributed by atoms with Gasteiger partial charge in [0, 0.05) is 11.5 Å². The number of hydrogen-bond donors (Lipinski definition) is 2. The predicted molar refractivity (Wildman–Crippen MR) is 85.7 cm³/mol. The minimum atomic E-state index is -3.72. The van der Waals surface area contributed by atoms with Crippen molar-refractivity contribution in [3.63, 3.8) is 0 Å². The molecule has 108 valence electrons. The molecule has 0 aromatic heterocycles. The number of nitrogens with zero attached hydrogens (tertiary/aromatic N) is 1. The fourth-order valence-electron chi connectivity index (χ4n) is 1.77. The second-order valence-electron chi connectivity index (χ2n) is 4.16. The number of benzene rings is 2. The van der Waals surface area contributed by atoms with Gasteiger partial charge in [0.2, 0.25) is 0 Å². The maximum atomic E-state index is 12.5. The van der Waals surface area contributed by atoms with E-state index in [1.54, 1.807) is 43.4 Å². The van der Waals surface area contributed by atoms with Gasteiger partial charge in [-0.15, -0.1) is 0 Å². The molecule has 2 rings (SSSR count). The van der Waals surface area contributed by atoms with Crippen molar-refractivity contribution in [3.8, 4) is 6.07 Å². The summed E-state index contributed by atoms with van der Waals surface area (Å²) < 4.78 is 27.9. The van der Waals surface area contributed by atoms with Gasteiger partial charge in [0.15, 0.2) is 0 Å². The monoisotopic (exact) mass is 365 g/mol. The first-order valence-electron chi connectivity index (χ1n) is 5.97. The van der Waals surface area contributed by atoms with Crippen molar-refractivity contribution in [1.29, 1.82) is 5.26 Å². The van der Waals surface area contributed by atoms with Crippen LogP contribution in [0.4, 0.5) is 11.4 Å². The van der Waals surface area contributed by atoms with E-state index in [1.807, 2.05) is 6.07 Å². The van der Waals surface area contributed by atoms with Gasteiger partial charge in [-0.05, 0) is 46.3 Å². The molecule has 0 heterocycles. The predicted octanol–water partition coefficient (Wildman–Crippen LogP) is 3.16. The number of anilines is 2. The van der Waals surface area contributed by atoms with Gasteiger partial charge in [-0.2, -0.15) is 5.26 Å². The van der Waals surface area contributed by atoms with Crippen molar-refractivity contribution in [3.05, 3.63) is 52.5 Å². The summed E-state index contributed by atoms with van der Waals surface area (Å²) in [5, 5.41) is 11.7. The molecule has 0 saturated carbocycles. The summed E-state index contributed by atoms with van der Waals surface area (Å²) in [6, 6.07) is 13.3. The molecular formula is C14H12BrN3O2S. The lowest BCUT2D eigenvalue weighted by molar-refractivity contribution is 0.601. The van der Waals surface area contributed by atoms with E-state index in [2.05, 4.69) is 26.0 Å². The Kier molecular flexibility index (Phi) is 4.50. The second-order valence-corrected chi connectivity index (χ2v) is 6.66. The molecular weight excluding hydrogens is 354 g/mol. The van der Waals surface area contributed by atoms with Gasteiger partial charge in [-0.25, -0.2) is 8.42 Å². The van der Waals surface area contributed by atoms with E-state index in [1.165, 1.54) is 6.07 Å². The Balaban J connectivity index is 2.41. The van der Waals surface area contributed by atoms with Gasteiger partial charge < -0.3 is 5.32 Å². The third-order valence-electron chi connectivity index (χ3n) is 2.79. The zero-order valence-electron chi connectivity index (χ0n) is 11.1. The summed E-state index contributed by atoms with van der Waals surface area (Å²) in [6.45, 7) is 0. The molecule has 7 heteroatoms. The van der Waals surface area contributed by atoms with Gasteiger partial charge in [0.25, 0.3) is 10.0 Å². The van der Waals surface area contributed by atoms with Crippen LogP contribution < -0.4 is 10.0 Å². The quantitative estimate of drug-likeness (QED) is 0.871. The zero-order valence-corrected chi connectivity index (χ0v) is 13.5. The Morgan fingerprint density at radius 3 is 2.48 bits per heavy atom. The van der Waals surface area contributed by atoms with Gasteiger partial charge in [-0.1, -0.05) is 12.1 Å². The van der Waals surface area contributed by atoms with Gasteiger partial charge in [0.1, 0.15) is 4.90 Å². The Bertz CT molecular complexity index is 813. The van der Waals surface area contributed by atoms with E-state index in [4.69, 9.17) is 5.26 Å². The molecule has 21 heavy (non-hydrogen) atoms. The smallest absolute Gasteiger partial charge is 0.263 e. The molecule has 0 unspecified atom stereocenters. The Labute approximate surface area is 131 Å². The van der Waals surface area contributed by atoms with Crippen molar-refractivity contribution in [2.75, 3.05) is 17.1 Å².